The second kappa shape index (κ2) is 3.95. The zero-order valence-electron chi connectivity index (χ0n) is 8.22. The van der Waals surface area contributed by atoms with Crippen molar-refractivity contribution in [3.8, 4) is 0 Å². The van der Waals surface area contributed by atoms with E-state index >= 15 is 0 Å². The number of nitrogens with one attached hydrogen (secondary N) is 1. The topological polar surface area (TPSA) is 91.1 Å². The lowest BCUT2D eigenvalue weighted by molar-refractivity contribution is -0.170. The maximum atomic E-state index is 11.0. The van der Waals surface area contributed by atoms with E-state index < -0.39 is 12.0 Å². The molecular formula is C8H14N4O3. The maximum Gasteiger partial charge on any atom is 0.322 e. The average Bonchev–Trinajstić information content (AvgIpc) is 2.65. The Bertz CT molecular complexity index is 294. The number of nitrogens with two attached hydrogens (primary N) is 1. The molecule has 2 heterocycles. The summed E-state index contributed by atoms with van der Waals surface area (Å²) in [4.78, 5) is 15.8. The minimum absolute atomic E-state index is 0.227. The maximum absolute atomic E-state index is 11.0. The molecule has 2 aliphatic heterocycles. The van der Waals surface area contributed by atoms with Gasteiger partial charge in [0.15, 0.2) is 0 Å². The van der Waals surface area contributed by atoms with E-state index in [1.165, 1.54) is 11.3 Å². The SMILES string of the molecule is NC1=CN(N2CCCCC2C(=O)O)NO1. The molecule has 0 bridgehead atoms. The zero-order chi connectivity index (χ0) is 10.8. The van der Waals surface area contributed by atoms with Crippen molar-refractivity contribution in [2.24, 2.45) is 5.73 Å². The van der Waals surface area contributed by atoms with Crippen LogP contribution in [0.2, 0.25) is 0 Å². The minimum atomic E-state index is -0.824. The molecule has 1 fully saturated rings. The lowest BCUT2D eigenvalue weighted by Gasteiger charge is -2.37. The van der Waals surface area contributed by atoms with Crippen LogP contribution in [0.4, 0.5) is 0 Å². The van der Waals surface area contributed by atoms with Crippen LogP contribution in [0.25, 0.3) is 0 Å². The van der Waals surface area contributed by atoms with E-state index in [0.717, 1.165) is 12.8 Å². The van der Waals surface area contributed by atoms with Crippen molar-refractivity contribution in [1.29, 1.82) is 0 Å². The highest BCUT2D eigenvalue weighted by molar-refractivity contribution is 5.73. The molecule has 0 radical (unpaired) electrons. The molecule has 0 spiro atoms. The largest absolute Gasteiger partial charge is 0.480 e. The predicted octanol–water partition coefficient (Wildman–Crippen LogP) is -0.650. The number of carboxylic acid groups (broad SMARTS) is 1. The smallest absolute Gasteiger partial charge is 0.322 e. The number of carbonyl (C=O) groups is 1. The fraction of sp³-hybridized carbons (Fsp3) is 0.625. The molecule has 7 heteroatoms. The van der Waals surface area contributed by atoms with Gasteiger partial charge in [-0.15, -0.1) is 0 Å². The van der Waals surface area contributed by atoms with Crippen LogP contribution in [0.3, 0.4) is 0 Å². The fourth-order valence-corrected chi connectivity index (χ4v) is 1.82. The lowest BCUT2D eigenvalue weighted by Crippen LogP contribution is -2.55. The third kappa shape index (κ3) is 1.97. The van der Waals surface area contributed by atoms with Crippen LogP contribution in [0.15, 0.2) is 12.1 Å². The number of hydrazine groups is 2. The first-order valence-electron chi connectivity index (χ1n) is 4.87. The number of rotatable bonds is 2. The van der Waals surface area contributed by atoms with Crippen molar-refractivity contribution in [1.82, 2.24) is 15.7 Å². The van der Waals surface area contributed by atoms with Crippen molar-refractivity contribution < 1.29 is 14.7 Å². The summed E-state index contributed by atoms with van der Waals surface area (Å²) in [6.45, 7) is 0.678. The molecule has 1 unspecified atom stereocenters. The molecule has 84 valence electrons. The Morgan fingerprint density at radius 3 is 3.07 bits per heavy atom. The predicted molar refractivity (Wildman–Crippen MR) is 50.3 cm³/mol. The van der Waals surface area contributed by atoms with Gasteiger partial charge in [-0.05, 0) is 24.9 Å². The normalized spacial score (nSPS) is 27.3. The first-order chi connectivity index (χ1) is 7.18. The van der Waals surface area contributed by atoms with E-state index in [9.17, 15) is 4.79 Å². The summed E-state index contributed by atoms with van der Waals surface area (Å²) in [5.74, 6) is -0.597. The van der Waals surface area contributed by atoms with E-state index in [0.29, 0.717) is 13.0 Å². The molecule has 0 aromatic carbocycles. The molecule has 0 aromatic rings. The Labute approximate surface area is 87.0 Å². The van der Waals surface area contributed by atoms with Gasteiger partial charge >= 0.3 is 5.97 Å². The van der Waals surface area contributed by atoms with Crippen LogP contribution in [0, 0.1) is 0 Å². The van der Waals surface area contributed by atoms with Gasteiger partial charge in [-0.1, -0.05) is 0 Å². The van der Waals surface area contributed by atoms with Crippen molar-refractivity contribution in [3.05, 3.63) is 12.1 Å². The number of aliphatic carboxylic acids is 1. The molecule has 0 aliphatic carbocycles. The Hall–Kier alpha value is -1.47. The summed E-state index contributed by atoms with van der Waals surface area (Å²) >= 11 is 0. The Kier molecular flexibility index (Phi) is 2.65. The Morgan fingerprint density at radius 2 is 2.47 bits per heavy atom. The van der Waals surface area contributed by atoms with Gasteiger partial charge in [0.25, 0.3) is 0 Å². The number of hydrogen-bond acceptors (Lipinski definition) is 6. The van der Waals surface area contributed by atoms with Crippen LogP contribution in [0.5, 0.6) is 0 Å². The highest BCUT2D eigenvalue weighted by atomic mass is 16.7. The number of nitrogens with zero attached hydrogens (tertiary/aromatic N) is 2. The van der Waals surface area contributed by atoms with Gasteiger partial charge in [0.2, 0.25) is 5.88 Å². The van der Waals surface area contributed by atoms with Crippen LogP contribution < -0.4 is 11.3 Å². The quantitative estimate of drug-likeness (QED) is 0.562. The second-order valence-electron chi connectivity index (χ2n) is 3.58. The van der Waals surface area contributed by atoms with E-state index in [1.807, 2.05) is 0 Å². The zero-order valence-corrected chi connectivity index (χ0v) is 8.22. The molecule has 0 saturated carbocycles. The van der Waals surface area contributed by atoms with Gasteiger partial charge in [-0.25, -0.2) is 5.12 Å². The van der Waals surface area contributed by atoms with Crippen molar-refractivity contribution in [2.75, 3.05) is 6.54 Å². The number of carboxylic acids is 1. The third-order valence-electron chi connectivity index (χ3n) is 2.54. The highest BCUT2D eigenvalue weighted by Gasteiger charge is 2.33. The Balaban J connectivity index is 2.08. The molecule has 1 atom stereocenters. The third-order valence-corrected chi connectivity index (χ3v) is 2.54. The molecule has 1 saturated heterocycles. The molecule has 4 N–H and O–H groups in total. The van der Waals surface area contributed by atoms with Gasteiger partial charge in [-0.2, -0.15) is 5.01 Å². The molecule has 2 aliphatic rings. The van der Waals surface area contributed by atoms with Crippen LogP contribution >= 0.6 is 0 Å². The van der Waals surface area contributed by atoms with E-state index in [4.69, 9.17) is 15.7 Å². The summed E-state index contributed by atoms with van der Waals surface area (Å²) < 4.78 is 0. The van der Waals surface area contributed by atoms with Gasteiger partial charge < -0.3 is 15.7 Å². The summed E-state index contributed by atoms with van der Waals surface area (Å²) in [5.41, 5.74) is 7.95. The van der Waals surface area contributed by atoms with Crippen molar-refractivity contribution in [2.45, 2.75) is 25.3 Å². The summed E-state index contributed by atoms with van der Waals surface area (Å²) in [6.07, 6.45) is 4.07. The molecule has 15 heavy (non-hydrogen) atoms. The van der Waals surface area contributed by atoms with E-state index in [2.05, 4.69) is 5.59 Å². The standard InChI is InChI=1S/C8H14N4O3/c9-7-5-12(10-15-7)11-4-2-1-3-6(11)8(13)14/h5-6,10H,1-4,9H2,(H,13,14). The lowest BCUT2D eigenvalue weighted by atomic mass is 10.0. The van der Waals surface area contributed by atoms with Crippen LogP contribution in [-0.4, -0.2) is 33.8 Å². The highest BCUT2D eigenvalue weighted by Crippen LogP contribution is 2.20. The van der Waals surface area contributed by atoms with Gasteiger partial charge in [-0.3, -0.25) is 4.79 Å². The van der Waals surface area contributed by atoms with Gasteiger partial charge in [0.1, 0.15) is 6.04 Å². The monoisotopic (exact) mass is 214 g/mol. The summed E-state index contributed by atoms with van der Waals surface area (Å²) in [7, 11) is 0. The van der Waals surface area contributed by atoms with Crippen molar-refractivity contribution >= 4 is 5.97 Å². The average molecular weight is 214 g/mol. The molecular weight excluding hydrogens is 200 g/mol. The van der Waals surface area contributed by atoms with Gasteiger partial charge in [0, 0.05) is 6.54 Å². The molecule has 2 rings (SSSR count). The molecule has 0 amide bonds. The van der Waals surface area contributed by atoms with Crippen LogP contribution in [0.1, 0.15) is 19.3 Å². The first kappa shape index (κ1) is 10.1. The molecule has 0 aromatic heterocycles. The van der Waals surface area contributed by atoms with Crippen LogP contribution in [-0.2, 0) is 9.63 Å². The number of hydrogen-bond donors (Lipinski definition) is 3. The first-order valence-corrected chi connectivity index (χ1v) is 4.87. The fourth-order valence-electron chi connectivity index (χ4n) is 1.82. The van der Waals surface area contributed by atoms with E-state index in [1.54, 1.807) is 5.01 Å². The minimum Gasteiger partial charge on any atom is -0.480 e. The molecule has 7 nitrogen and oxygen atoms in total. The Morgan fingerprint density at radius 1 is 1.67 bits per heavy atom. The summed E-state index contributed by atoms with van der Waals surface area (Å²) in [5, 5.41) is 12.2. The van der Waals surface area contributed by atoms with Gasteiger partial charge in [0.05, 0.1) is 6.20 Å². The van der Waals surface area contributed by atoms with E-state index in [-0.39, 0.29) is 5.88 Å². The second-order valence-corrected chi connectivity index (χ2v) is 3.58. The van der Waals surface area contributed by atoms with Crippen molar-refractivity contribution in [3.63, 3.8) is 0 Å². The summed E-state index contributed by atoms with van der Waals surface area (Å²) in [6, 6.07) is -0.517. The number of piperidine rings is 1.